The highest BCUT2D eigenvalue weighted by Gasteiger charge is 1.97. The van der Waals surface area contributed by atoms with Crippen molar-refractivity contribution in [3.05, 3.63) is 48.8 Å². The minimum Gasteiger partial charge on any atom is -0.456 e. The summed E-state index contributed by atoms with van der Waals surface area (Å²) in [5.74, 6) is 1.24. The summed E-state index contributed by atoms with van der Waals surface area (Å²) in [4.78, 5) is 17.5. The molecule has 0 atom stereocenters. The van der Waals surface area contributed by atoms with Gasteiger partial charge in [0.2, 0.25) is 6.08 Å². The Morgan fingerprint density at radius 1 is 1.19 bits per heavy atom. The first-order chi connectivity index (χ1) is 7.88. The van der Waals surface area contributed by atoms with Gasteiger partial charge in [-0.25, -0.2) is 4.79 Å². The van der Waals surface area contributed by atoms with Crippen molar-refractivity contribution in [3.63, 3.8) is 0 Å². The first kappa shape index (κ1) is 10.1. The lowest BCUT2D eigenvalue weighted by Gasteiger charge is -2.04. The van der Waals surface area contributed by atoms with Gasteiger partial charge < -0.3 is 4.74 Å². The molecule has 0 saturated heterocycles. The van der Waals surface area contributed by atoms with Crippen LogP contribution in [-0.2, 0) is 4.79 Å². The zero-order valence-electron chi connectivity index (χ0n) is 8.33. The van der Waals surface area contributed by atoms with Crippen LogP contribution in [0.2, 0.25) is 0 Å². The minimum absolute atomic E-state index is 0.511. The van der Waals surface area contributed by atoms with Crippen molar-refractivity contribution in [1.29, 1.82) is 0 Å². The van der Waals surface area contributed by atoms with E-state index in [1.807, 2.05) is 0 Å². The molecule has 4 heteroatoms. The van der Waals surface area contributed by atoms with Crippen molar-refractivity contribution in [3.8, 4) is 11.5 Å². The summed E-state index contributed by atoms with van der Waals surface area (Å²) in [5, 5.41) is 0. The summed E-state index contributed by atoms with van der Waals surface area (Å²) in [7, 11) is 0. The quantitative estimate of drug-likeness (QED) is 0.580. The predicted octanol–water partition coefficient (Wildman–Crippen LogP) is 2.84. The van der Waals surface area contributed by atoms with Crippen LogP contribution >= 0.6 is 0 Å². The zero-order valence-corrected chi connectivity index (χ0v) is 8.33. The molecular formula is C12H8N2O2. The van der Waals surface area contributed by atoms with Gasteiger partial charge >= 0.3 is 0 Å². The van der Waals surface area contributed by atoms with Gasteiger partial charge in [0.25, 0.3) is 0 Å². The molecule has 0 aliphatic rings. The van der Waals surface area contributed by atoms with Crippen LogP contribution in [0.3, 0.4) is 0 Å². The molecule has 0 radical (unpaired) electrons. The molecule has 78 valence electrons. The van der Waals surface area contributed by atoms with E-state index in [4.69, 9.17) is 4.74 Å². The van der Waals surface area contributed by atoms with Gasteiger partial charge in [-0.2, -0.15) is 4.99 Å². The summed E-state index contributed by atoms with van der Waals surface area (Å²) < 4.78 is 5.51. The van der Waals surface area contributed by atoms with Gasteiger partial charge in [-0.15, -0.1) is 0 Å². The summed E-state index contributed by atoms with van der Waals surface area (Å²) in [6.45, 7) is 0. The molecule has 0 spiro atoms. The van der Waals surface area contributed by atoms with Gasteiger partial charge in [-0.1, -0.05) is 6.07 Å². The number of hydrogen-bond donors (Lipinski definition) is 0. The van der Waals surface area contributed by atoms with Gasteiger partial charge in [-0.3, -0.25) is 4.98 Å². The van der Waals surface area contributed by atoms with Crippen LogP contribution in [0.15, 0.2) is 53.8 Å². The minimum atomic E-state index is 0.511. The lowest BCUT2D eigenvalue weighted by atomic mass is 10.3. The Hall–Kier alpha value is -2.45. The Morgan fingerprint density at radius 2 is 2.06 bits per heavy atom. The standard InChI is InChI=1S/C12H8N2O2/c15-9-14-10-3-1-4-11(7-10)16-12-5-2-6-13-8-12/h1-8H. The van der Waals surface area contributed by atoms with Gasteiger partial charge in [0.1, 0.15) is 11.5 Å². The number of nitrogens with zero attached hydrogens (tertiary/aromatic N) is 2. The highest BCUT2D eigenvalue weighted by atomic mass is 16.5. The molecule has 2 rings (SSSR count). The van der Waals surface area contributed by atoms with E-state index in [0.29, 0.717) is 17.2 Å². The third-order valence-corrected chi connectivity index (χ3v) is 1.86. The van der Waals surface area contributed by atoms with E-state index >= 15 is 0 Å². The first-order valence-corrected chi connectivity index (χ1v) is 4.64. The van der Waals surface area contributed by atoms with E-state index in [1.165, 1.54) is 6.08 Å². The van der Waals surface area contributed by atoms with Crippen LogP contribution in [0.5, 0.6) is 11.5 Å². The molecule has 0 saturated carbocycles. The lowest BCUT2D eigenvalue weighted by molar-refractivity contribution is 0.480. The number of isocyanates is 1. The van der Waals surface area contributed by atoms with Gasteiger partial charge in [0, 0.05) is 12.3 Å². The highest BCUT2D eigenvalue weighted by molar-refractivity contribution is 5.51. The molecule has 1 aromatic carbocycles. The number of rotatable bonds is 3. The molecule has 16 heavy (non-hydrogen) atoms. The normalized spacial score (nSPS) is 9.25. The highest BCUT2D eigenvalue weighted by Crippen LogP contribution is 2.24. The molecule has 0 amide bonds. The van der Waals surface area contributed by atoms with Crippen molar-refractivity contribution >= 4 is 11.8 Å². The summed E-state index contributed by atoms with van der Waals surface area (Å²) in [6, 6.07) is 10.4. The van der Waals surface area contributed by atoms with E-state index in [-0.39, 0.29) is 0 Å². The Bertz CT molecular complexity index is 520. The van der Waals surface area contributed by atoms with Crippen molar-refractivity contribution in [2.24, 2.45) is 4.99 Å². The largest absolute Gasteiger partial charge is 0.456 e. The first-order valence-electron chi connectivity index (χ1n) is 4.64. The number of ether oxygens (including phenoxy) is 1. The summed E-state index contributed by atoms with van der Waals surface area (Å²) in [5.41, 5.74) is 0.511. The maximum Gasteiger partial charge on any atom is 0.240 e. The molecule has 0 N–H and O–H groups in total. The fourth-order valence-corrected chi connectivity index (χ4v) is 1.21. The second-order valence-corrected chi connectivity index (χ2v) is 2.99. The molecular weight excluding hydrogens is 204 g/mol. The Labute approximate surface area is 92.2 Å². The zero-order chi connectivity index (χ0) is 11.2. The van der Waals surface area contributed by atoms with Gasteiger partial charge in [0.15, 0.2) is 0 Å². The number of carbonyl (C=O) groups excluding carboxylic acids is 1. The van der Waals surface area contributed by atoms with E-state index in [1.54, 1.807) is 48.8 Å². The van der Waals surface area contributed by atoms with Gasteiger partial charge in [0.05, 0.1) is 11.9 Å². The van der Waals surface area contributed by atoms with E-state index in [9.17, 15) is 4.79 Å². The molecule has 2 aromatic rings. The third kappa shape index (κ3) is 2.53. The molecule has 1 heterocycles. The Morgan fingerprint density at radius 3 is 2.81 bits per heavy atom. The summed E-state index contributed by atoms with van der Waals surface area (Å²) in [6.07, 6.45) is 4.76. The lowest BCUT2D eigenvalue weighted by Crippen LogP contribution is -1.83. The van der Waals surface area contributed by atoms with Crippen LogP contribution < -0.4 is 4.74 Å². The van der Waals surface area contributed by atoms with Crippen molar-refractivity contribution < 1.29 is 9.53 Å². The molecule has 0 fully saturated rings. The molecule has 0 unspecified atom stereocenters. The Balaban J connectivity index is 2.22. The number of aliphatic imine (C=N–C) groups is 1. The van der Waals surface area contributed by atoms with Crippen LogP contribution in [0, 0.1) is 0 Å². The summed E-state index contributed by atoms with van der Waals surface area (Å²) >= 11 is 0. The topological polar surface area (TPSA) is 51.5 Å². The van der Waals surface area contributed by atoms with E-state index in [0.717, 1.165) is 0 Å². The average Bonchev–Trinajstić information content (AvgIpc) is 2.31. The third-order valence-electron chi connectivity index (χ3n) is 1.86. The van der Waals surface area contributed by atoms with Crippen molar-refractivity contribution in [2.45, 2.75) is 0 Å². The monoisotopic (exact) mass is 212 g/mol. The molecule has 4 nitrogen and oxygen atoms in total. The van der Waals surface area contributed by atoms with E-state index < -0.39 is 0 Å². The molecule has 0 aliphatic carbocycles. The second-order valence-electron chi connectivity index (χ2n) is 2.99. The Kier molecular flexibility index (Phi) is 3.07. The maximum atomic E-state index is 10.1. The average molecular weight is 212 g/mol. The molecule has 0 bridgehead atoms. The van der Waals surface area contributed by atoms with Crippen LogP contribution in [0.1, 0.15) is 0 Å². The van der Waals surface area contributed by atoms with Crippen LogP contribution in [0.25, 0.3) is 0 Å². The second kappa shape index (κ2) is 4.87. The fraction of sp³-hybridized carbons (Fsp3) is 0. The number of benzene rings is 1. The molecule has 1 aromatic heterocycles. The van der Waals surface area contributed by atoms with Crippen molar-refractivity contribution in [2.75, 3.05) is 0 Å². The SMILES string of the molecule is O=C=Nc1cccc(Oc2cccnc2)c1. The number of hydrogen-bond acceptors (Lipinski definition) is 4. The molecule has 0 aliphatic heterocycles. The predicted molar refractivity (Wildman–Crippen MR) is 58.5 cm³/mol. The fourth-order valence-electron chi connectivity index (χ4n) is 1.21. The van der Waals surface area contributed by atoms with Crippen LogP contribution in [0.4, 0.5) is 5.69 Å². The van der Waals surface area contributed by atoms with E-state index in [2.05, 4.69) is 9.98 Å². The number of pyridine rings is 1. The van der Waals surface area contributed by atoms with Crippen molar-refractivity contribution in [1.82, 2.24) is 4.98 Å². The van der Waals surface area contributed by atoms with Gasteiger partial charge in [-0.05, 0) is 24.3 Å². The number of aromatic nitrogens is 1. The smallest absolute Gasteiger partial charge is 0.240 e. The van der Waals surface area contributed by atoms with Crippen LogP contribution in [-0.4, -0.2) is 11.1 Å². The maximum absolute atomic E-state index is 10.1.